The largest absolute Gasteiger partial charge is 0.457 e. The Morgan fingerprint density at radius 2 is 1.43 bits per heavy atom. The predicted molar refractivity (Wildman–Crippen MR) is 168 cm³/mol. The molecule has 0 aliphatic rings. The number of aromatic nitrogens is 2. The molecule has 1 heterocycles. The average molecular weight is 550 g/mol. The highest BCUT2D eigenvalue weighted by molar-refractivity contribution is 6.33. The summed E-state index contributed by atoms with van der Waals surface area (Å²) in [5.74, 6) is 1.46. The molecule has 0 aliphatic carbocycles. The lowest BCUT2D eigenvalue weighted by Crippen LogP contribution is -2.18. The molecule has 0 saturated heterocycles. The van der Waals surface area contributed by atoms with Gasteiger partial charge in [-0.1, -0.05) is 102 Å². The first-order valence-corrected chi connectivity index (χ1v) is 14.0. The van der Waals surface area contributed by atoms with E-state index in [1.165, 1.54) is 11.1 Å². The van der Waals surface area contributed by atoms with Crippen molar-refractivity contribution in [2.75, 3.05) is 5.32 Å². The minimum absolute atomic E-state index is 0.00372. The van der Waals surface area contributed by atoms with Crippen molar-refractivity contribution in [3.05, 3.63) is 120 Å². The van der Waals surface area contributed by atoms with E-state index in [1.807, 2.05) is 83.8 Å². The third-order valence-corrected chi connectivity index (χ3v) is 7.17. The Labute approximate surface area is 242 Å². The van der Waals surface area contributed by atoms with Gasteiger partial charge >= 0.3 is 0 Å². The van der Waals surface area contributed by atoms with Crippen molar-refractivity contribution in [2.24, 2.45) is 0 Å². The Morgan fingerprint density at radius 1 is 0.725 bits per heavy atom. The summed E-state index contributed by atoms with van der Waals surface area (Å²) in [6.07, 6.45) is 3.91. The van der Waals surface area contributed by atoms with Crippen LogP contribution in [0.5, 0.6) is 11.5 Å². The topological polar surface area (TPSA) is 39.1 Å². The van der Waals surface area contributed by atoms with Crippen molar-refractivity contribution in [2.45, 2.75) is 52.4 Å². The highest BCUT2D eigenvalue weighted by Crippen LogP contribution is 2.41. The summed E-state index contributed by atoms with van der Waals surface area (Å²) < 4.78 is 8.15. The van der Waals surface area contributed by atoms with Crippen LogP contribution < -0.4 is 10.1 Å². The molecule has 0 aliphatic heterocycles. The Hall–Kier alpha value is -4.02. The monoisotopic (exact) mass is 549 g/mol. The number of rotatable bonds is 6. The van der Waals surface area contributed by atoms with E-state index in [-0.39, 0.29) is 10.8 Å². The number of halogens is 1. The average Bonchev–Trinajstić information content (AvgIpc) is 3.40. The van der Waals surface area contributed by atoms with E-state index < -0.39 is 0 Å². The quantitative estimate of drug-likeness (QED) is 0.229. The lowest BCUT2D eigenvalue weighted by Gasteiger charge is -2.29. The van der Waals surface area contributed by atoms with Gasteiger partial charge in [0.1, 0.15) is 11.5 Å². The fourth-order valence-corrected chi connectivity index (χ4v) is 4.88. The molecule has 0 saturated carbocycles. The zero-order valence-corrected chi connectivity index (χ0v) is 24.8. The molecule has 0 amide bonds. The van der Waals surface area contributed by atoms with Gasteiger partial charge in [-0.2, -0.15) is 5.10 Å². The molecule has 5 heteroatoms. The normalized spacial score (nSPS) is 11.9. The zero-order valence-electron chi connectivity index (χ0n) is 24.0. The number of ether oxygens (including phenoxy) is 1. The van der Waals surface area contributed by atoms with Crippen LogP contribution in [0.4, 0.5) is 11.4 Å². The van der Waals surface area contributed by atoms with Gasteiger partial charge in [-0.3, -0.25) is 0 Å². The summed E-state index contributed by atoms with van der Waals surface area (Å²) in [5.41, 5.74) is 7.27. The molecule has 40 heavy (non-hydrogen) atoms. The smallest absolute Gasteiger partial charge is 0.129 e. The van der Waals surface area contributed by atoms with Gasteiger partial charge < -0.3 is 10.1 Å². The molecule has 0 unspecified atom stereocenters. The Kier molecular flexibility index (Phi) is 7.48. The van der Waals surface area contributed by atoms with Crippen molar-refractivity contribution >= 4 is 23.0 Å². The van der Waals surface area contributed by atoms with E-state index in [4.69, 9.17) is 16.3 Å². The van der Waals surface area contributed by atoms with Gasteiger partial charge in [0.2, 0.25) is 0 Å². The molecule has 5 rings (SSSR count). The van der Waals surface area contributed by atoms with Gasteiger partial charge in [0.25, 0.3) is 0 Å². The lowest BCUT2D eigenvalue weighted by atomic mass is 9.80. The summed E-state index contributed by atoms with van der Waals surface area (Å²) in [6.45, 7) is 13.3. The highest BCUT2D eigenvalue weighted by Gasteiger charge is 2.25. The van der Waals surface area contributed by atoms with Crippen molar-refractivity contribution in [3.8, 4) is 28.3 Å². The molecule has 0 fully saturated rings. The fraction of sp³-hybridized carbons (Fsp3) is 0.229. The van der Waals surface area contributed by atoms with Gasteiger partial charge in [-0.05, 0) is 57.9 Å². The molecular formula is C35H36ClN3O. The number of anilines is 2. The molecule has 5 aromatic rings. The fourth-order valence-electron chi connectivity index (χ4n) is 4.61. The van der Waals surface area contributed by atoms with E-state index in [0.29, 0.717) is 5.02 Å². The van der Waals surface area contributed by atoms with Crippen molar-refractivity contribution < 1.29 is 4.74 Å². The van der Waals surface area contributed by atoms with Gasteiger partial charge in [0.15, 0.2) is 0 Å². The van der Waals surface area contributed by atoms with Crippen LogP contribution in [0.3, 0.4) is 0 Å². The maximum Gasteiger partial charge on any atom is 0.129 e. The van der Waals surface area contributed by atoms with Gasteiger partial charge in [0, 0.05) is 29.6 Å². The second-order valence-electron chi connectivity index (χ2n) is 12.2. The van der Waals surface area contributed by atoms with Crippen molar-refractivity contribution in [3.63, 3.8) is 0 Å². The standard InChI is InChI=1S/C35H36ClN3O/c1-34(2,3)26-18-31(35(4,5)6)33(32(36)19-26)38-27-14-10-16-29(20-27)40-30-17-11-15-28(21-30)39-23-25(22-37-39)24-12-8-7-9-13-24/h7-23,38H,1-6H3. The van der Waals surface area contributed by atoms with Gasteiger partial charge in [0.05, 0.1) is 22.6 Å². The molecule has 4 aromatic carbocycles. The third kappa shape index (κ3) is 6.24. The Bertz CT molecular complexity index is 1630. The van der Waals surface area contributed by atoms with E-state index in [2.05, 4.69) is 76.2 Å². The number of nitrogens with zero attached hydrogens (tertiary/aromatic N) is 2. The van der Waals surface area contributed by atoms with Crippen LogP contribution in [0.1, 0.15) is 52.7 Å². The molecule has 0 radical (unpaired) electrons. The van der Waals surface area contributed by atoms with Crippen molar-refractivity contribution in [1.29, 1.82) is 0 Å². The van der Waals surface area contributed by atoms with E-state index in [0.717, 1.165) is 39.7 Å². The third-order valence-electron chi connectivity index (χ3n) is 6.88. The zero-order chi connectivity index (χ0) is 28.5. The van der Waals surface area contributed by atoms with E-state index in [9.17, 15) is 0 Å². The maximum atomic E-state index is 6.88. The summed E-state index contributed by atoms with van der Waals surface area (Å²) in [4.78, 5) is 0. The van der Waals surface area contributed by atoms with Crippen LogP contribution in [0.15, 0.2) is 103 Å². The summed E-state index contributed by atoms with van der Waals surface area (Å²) in [6, 6.07) is 30.5. The minimum atomic E-state index is -0.0886. The number of benzene rings is 4. The number of hydrogen-bond donors (Lipinski definition) is 1. The summed E-state index contributed by atoms with van der Waals surface area (Å²) in [5, 5.41) is 8.86. The molecule has 0 bridgehead atoms. The molecule has 1 aromatic heterocycles. The first-order valence-electron chi connectivity index (χ1n) is 13.6. The Morgan fingerprint density at radius 3 is 2.12 bits per heavy atom. The van der Waals surface area contributed by atoms with Crippen molar-refractivity contribution in [1.82, 2.24) is 9.78 Å². The first kappa shape index (κ1) is 27.5. The molecule has 1 N–H and O–H groups in total. The number of hydrogen-bond acceptors (Lipinski definition) is 3. The van der Waals surface area contributed by atoms with E-state index in [1.54, 1.807) is 0 Å². The predicted octanol–water partition coefficient (Wildman–Crippen LogP) is 10.3. The van der Waals surface area contributed by atoms with Crippen LogP contribution >= 0.6 is 11.6 Å². The first-order chi connectivity index (χ1) is 19.0. The van der Waals surface area contributed by atoms with Crippen LogP contribution in [0, 0.1) is 0 Å². The Balaban J connectivity index is 1.39. The SMILES string of the molecule is CC(C)(C)c1cc(Cl)c(Nc2cccc(Oc3cccc(-n4cc(-c5ccccc5)cn4)c3)c2)c(C(C)(C)C)c1. The van der Waals surface area contributed by atoms with Gasteiger partial charge in [-0.15, -0.1) is 0 Å². The molecular weight excluding hydrogens is 514 g/mol. The van der Waals surface area contributed by atoms with Crippen LogP contribution in [0.2, 0.25) is 5.02 Å². The van der Waals surface area contributed by atoms with Gasteiger partial charge in [-0.25, -0.2) is 4.68 Å². The second-order valence-corrected chi connectivity index (χ2v) is 12.6. The molecule has 0 atom stereocenters. The molecule has 4 nitrogen and oxygen atoms in total. The summed E-state index contributed by atoms with van der Waals surface area (Å²) >= 11 is 6.88. The van der Waals surface area contributed by atoms with E-state index >= 15 is 0 Å². The minimum Gasteiger partial charge on any atom is -0.457 e. The molecule has 204 valence electrons. The highest BCUT2D eigenvalue weighted by atomic mass is 35.5. The number of nitrogens with one attached hydrogen (secondary N) is 1. The maximum absolute atomic E-state index is 6.88. The lowest BCUT2D eigenvalue weighted by molar-refractivity contribution is 0.482. The van der Waals surface area contributed by atoms with Crippen LogP contribution in [-0.4, -0.2) is 9.78 Å². The second kappa shape index (κ2) is 10.9. The van der Waals surface area contributed by atoms with Crippen LogP contribution in [0.25, 0.3) is 16.8 Å². The summed E-state index contributed by atoms with van der Waals surface area (Å²) in [7, 11) is 0. The van der Waals surface area contributed by atoms with Crippen LogP contribution in [-0.2, 0) is 10.8 Å². The molecule has 0 spiro atoms.